The fourth-order valence-electron chi connectivity index (χ4n) is 4.60. The molecule has 5 rings (SSSR count). The minimum atomic E-state index is -0.965. The number of halogens is 3. The van der Waals surface area contributed by atoms with E-state index in [2.05, 4.69) is 20.4 Å². The van der Waals surface area contributed by atoms with Crippen molar-refractivity contribution in [3.8, 4) is 11.1 Å². The summed E-state index contributed by atoms with van der Waals surface area (Å²) in [6, 6.07) is 8.03. The van der Waals surface area contributed by atoms with Gasteiger partial charge in [0.05, 0.1) is 22.9 Å². The Morgan fingerprint density at radius 1 is 1.08 bits per heavy atom. The molecule has 0 radical (unpaired) electrons. The summed E-state index contributed by atoms with van der Waals surface area (Å²) >= 11 is 0. The van der Waals surface area contributed by atoms with Gasteiger partial charge in [0.15, 0.2) is 17.3 Å². The van der Waals surface area contributed by atoms with Gasteiger partial charge >= 0.3 is 0 Å². The SMILES string of the molecule is Cn1cc(-c2ccc(F)cc2)c(C(=O)N2CCCC[C@H]2CNCc2cnc3cc(F)c(F)cc3n2)n1. The maximum atomic E-state index is 13.6. The van der Waals surface area contributed by atoms with E-state index in [4.69, 9.17) is 0 Å². The Morgan fingerprint density at radius 3 is 2.61 bits per heavy atom. The lowest BCUT2D eigenvalue weighted by atomic mass is 10.00. The summed E-state index contributed by atoms with van der Waals surface area (Å²) in [5.74, 6) is -2.43. The van der Waals surface area contributed by atoms with Gasteiger partial charge in [0.1, 0.15) is 5.82 Å². The van der Waals surface area contributed by atoms with Crippen molar-refractivity contribution in [1.29, 1.82) is 0 Å². The van der Waals surface area contributed by atoms with Crippen molar-refractivity contribution in [2.45, 2.75) is 31.8 Å². The molecule has 1 atom stereocenters. The Labute approximate surface area is 206 Å². The topological polar surface area (TPSA) is 75.9 Å². The monoisotopic (exact) mass is 494 g/mol. The molecule has 1 aliphatic heterocycles. The molecule has 4 aromatic rings. The first-order valence-corrected chi connectivity index (χ1v) is 11.8. The first-order chi connectivity index (χ1) is 17.4. The fraction of sp³-hybridized carbons (Fsp3) is 0.308. The predicted octanol–water partition coefficient (Wildman–Crippen LogP) is 4.23. The van der Waals surface area contributed by atoms with E-state index in [1.807, 2.05) is 4.90 Å². The highest BCUT2D eigenvalue weighted by molar-refractivity contribution is 5.99. The Balaban J connectivity index is 1.29. The second-order valence-electron chi connectivity index (χ2n) is 8.97. The number of carbonyl (C=O) groups is 1. The lowest BCUT2D eigenvalue weighted by molar-refractivity contribution is 0.0606. The molecule has 1 amide bonds. The molecule has 7 nitrogen and oxygen atoms in total. The largest absolute Gasteiger partial charge is 0.333 e. The zero-order chi connectivity index (χ0) is 25.2. The number of nitrogens with zero attached hydrogens (tertiary/aromatic N) is 5. The quantitative estimate of drug-likeness (QED) is 0.434. The standard InChI is InChI=1S/C26H25F3N6O/c1-34-15-20(16-5-7-17(27)8-6-16)25(33-34)26(36)35-9-3-2-4-19(35)14-30-12-18-13-31-23-10-21(28)22(29)11-24(23)32-18/h5-8,10-11,13,15,19,30H,2-4,9,12,14H2,1H3/t19-/m0/s1. The van der Waals surface area contributed by atoms with Crippen LogP contribution in [0.5, 0.6) is 0 Å². The summed E-state index contributed by atoms with van der Waals surface area (Å²) in [5.41, 5.74) is 2.89. The highest BCUT2D eigenvalue weighted by Crippen LogP contribution is 2.27. The smallest absolute Gasteiger partial charge is 0.275 e. The van der Waals surface area contributed by atoms with Gasteiger partial charge in [0.25, 0.3) is 5.91 Å². The second-order valence-corrected chi connectivity index (χ2v) is 8.97. The average Bonchev–Trinajstić information content (AvgIpc) is 3.27. The van der Waals surface area contributed by atoms with Crippen molar-refractivity contribution < 1.29 is 18.0 Å². The number of amides is 1. The van der Waals surface area contributed by atoms with Crippen LogP contribution in [0.3, 0.4) is 0 Å². The van der Waals surface area contributed by atoms with Gasteiger partial charge in [-0.25, -0.2) is 18.2 Å². The predicted molar refractivity (Wildman–Crippen MR) is 128 cm³/mol. The van der Waals surface area contributed by atoms with Crippen LogP contribution in [0, 0.1) is 17.5 Å². The molecule has 1 saturated heterocycles. The molecule has 1 aliphatic rings. The number of likely N-dealkylation sites (tertiary alicyclic amines) is 1. The third-order valence-corrected chi connectivity index (χ3v) is 6.39. The Hall–Kier alpha value is -3.79. The van der Waals surface area contributed by atoms with Gasteiger partial charge in [0, 0.05) is 56.6 Å². The minimum Gasteiger partial charge on any atom is -0.333 e. The van der Waals surface area contributed by atoms with Gasteiger partial charge in [-0.15, -0.1) is 0 Å². The van der Waals surface area contributed by atoms with E-state index < -0.39 is 11.6 Å². The molecule has 1 fully saturated rings. The van der Waals surface area contributed by atoms with Crippen molar-refractivity contribution in [1.82, 2.24) is 30.0 Å². The number of piperidine rings is 1. The number of hydrogen-bond acceptors (Lipinski definition) is 5. The van der Waals surface area contributed by atoms with Gasteiger partial charge in [-0.2, -0.15) is 5.10 Å². The molecule has 2 aromatic carbocycles. The van der Waals surface area contributed by atoms with E-state index in [1.165, 1.54) is 18.3 Å². The highest BCUT2D eigenvalue weighted by Gasteiger charge is 2.30. The number of hydrogen-bond donors (Lipinski definition) is 1. The van der Waals surface area contributed by atoms with Crippen LogP contribution < -0.4 is 5.32 Å². The molecule has 36 heavy (non-hydrogen) atoms. The van der Waals surface area contributed by atoms with Crippen LogP contribution in [0.1, 0.15) is 35.4 Å². The molecule has 0 bridgehead atoms. The number of carbonyl (C=O) groups excluding carboxylic acids is 1. The van der Waals surface area contributed by atoms with Crippen LogP contribution in [0.15, 0.2) is 48.8 Å². The molecule has 10 heteroatoms. The molecule has 0 unspecified atom stereocenters. The normalized spacial score (nSPS) is 16.0. The van der Waals surface area contributed by atoms with Crippen molar-refractivity contribution in [3.63, 3.8) is 0 Å². The summed E-state index contributed by atoms with van der Waals surface area (Å²) in [5, 5.41) is 7.75. The zero-order valence-electron chi connectivity index (χ0n) is 19.7. The van der Waals surface area contributed by atoms with Crippen molar-refractivity contribution in [2.24, 2.45) is 7.05 Å². The van der Waals surface area contributed by atoms with E-state index in [0.29, 0.717) is 36.6 Å². The van der Waals surface area contributed by atoms with Crippen molar-refractivity contribution in [3.05, 3.63) is 77.6 Å². The fourth-order valence-corrected chi connectivity index (χ4v) is 4.60. The van der Waals surface area contributed by atoms with E-state index in [9.17, 15) is 18.0 Å². The number of rotatable bonds is 6. The Kier molecular flexibility index (Phi) is 6.69. The van der Waals surface area contributed by atoms with Crippen LogP contribution in [0.4, 0.5) is 13.2 Å². The van der Waals surface area contributed by atoms with Crippen LogP contribution in [-0.4, -0.2) is 49.7 Å². The lowest BCUT2D eigenvalue weighted by Crippen LogP contribution is -2.48. The summed E-state index contributed by atoms with van der Waals surface area (Å²) in [7, 11) is 1.75. The van der Waals surface area contributed by atoms with Gasteiger partial charge in [-0.05, 0) is 37.0 Å². The molecule has 186 valence electrons. The lowest BCUT2D eigenvalue weighted by Gasteiger charge is -2.35. The maximum absolute atomic E-state index is 13.6. The number of fused-ring (bicyclic) bond motifs is 1. The summed E-state index contributed by atoms with van der Waals surface area (Å²) in [4.78, 5) is 24.0. The summed E-state index contributed by atoms with van der Waals surface area (Å²) < 4.78 is 42.0. The molecule has 2 aromatic heterocycles. The number of nitrogens with one attached hydrogen (secondary N) is 1. The van der Waals surface area contributed by atoms with Crippen LogP contribution >= 0.6 is 0 Å². The van der Waals surface area contributed by atoms with Crippen LogP contribution in [0.2, 0.25) is 0 Å². The minimum absolute atomic E-state index is 0.0470. The van der Waals surface area contributed by atoms with Gasteiger partial charge < -0.3 is 10.2 Å². The average molecular weight is 495 g/mol. The molecule has 0 aliphatic carbocycles. The zero-order valence-corrected chi connectivity index (χ0v) is 19.7. The van der Waals surface area contributed by atoms with E-state index in [1.54, 1.807) is 30.1 Å². The molecular formula is C26H25F3N6O. The highest BCUT2D eigenvalue weighted by atomic mass is 19.2. The maximum Gasteiger partial charge on any atom is 0.275 e. The number of benzene rings is 2. The van der Waals surface area contributed by atoms with E-state index in [-0.39, 0.29) is 28.8 Å². The van der Waals surface area contributed by atoms with Crippen molar-refractivity contribution in [2.75, 3.05) is 13.1 Å². The molecule has 0 spiro atoms. The summed E-state index contributed by atoms with van der Waals surface area (Å²) in [6.07, 6.45) is 6.04. The van der Waals surface area contributed by atoms with Crippen LogP contribution in [-0.2, 0) is 13.6 Å². The third kappa shape index (κ3) is 4.94. The molecule has 3 heterocycles. The first-order valence-electron chi connectivity index (χ1n) is 11.8. The second kappa shape index (κ2) is 10.1. The van der Waals surface area contributed by atoms with Gasteiger partial charge in [0.2, 0.25) is 0 Å². The molecule has 1 N–H and O–H groups in total. The Morgan fingerprint density at radius 2 is 1.83 bits per heavy atom. The first kappa shape index (κ1) is 23.9. The Bertz CT molecular complexity index is 1410. The number of aryl methyl sites for hydroxylation is 1. The van der Waals surface area contributed by atoms with Crippen LogP contribution in [0.25, 0.3) is 22.2 Å². The molecule has 0 saturated carbocycles. The third-order valence-electron chi connectivity index (χ3n) is 6.39. The molecular weight excluding hydrogens is 469 g/mol. The number of aromatic nitrogens is 4. The summed E-state index contributed by atoms with van der Waals surface area (Å²) in [6.45, 7) is 1.51. The van der Waals surface area contributed by atoms with E-state index in [0.717, 1.165) is 37.0 Å². The van der Waals surface area contributed by atoms with Gasteiger partial charge in [-0.1, -0.05) is 12.1 Å². The van der Waals surface area contributed by atoms with Gasteiger partial charge in [-0.3, -0.25) is 14.5 Å². The van der Waals surface area contributed by atoms with E-state index >= 15 is 0 Å². The van der Waals surface area contributed by atoms with Crippen molar-refractivity contribution >= 4 is 16.9 Å².